The highest BCUT2D eigenvalue weighted by Crippen LogP contribution is 2.39. The molecule has 2 aliphatic heterocycles. The summed E-state index contributed by atoms with van der Waals surface area (Å²) in [6.07, 6.45) is 2.46. The van der Waals surface area contributed by atoms with Crippen LogP contribution in [0.3, 0.4) is 0 Å². The Hall–Kier alpha value is -4.49. The van der Waals surface area contributed by atoms with Gasteiger partial charge in [0.15, 0.2) is 11.4 Å². The molecular weight excluding hydrogens is 620 g/mol. The maximum absolute atomic E-state index is 13.0. The number of thioether (sulfide) groups is 1. The number of imide groups is 1. The third-order valence-corrected chi connectivity index (χ3v) is 9.32. The van der Waals surface area contributed by atoms with Crippen LogP contribution in [0.4, 0.5) is 4.79 Å². The van der Waals surface area contributed by atoms with Gasteiger partial charge in [0.05, 0.1) is 31.8 Å². The van der Waals surface area contributed by atoms with Gasteiger partial charge in [0.2, 0.25) is 5.91 Å². The number of carbonyl (C=O) groups excluding carboxylic acids is 3. The summed E-state index contributed by atoms with van der Waals surface area (Å²) in [5.74, 6) is -0.158. The summed E-state index contributed by atoms with van der Waals surface area (Å²) in [4.78, 5) is 43.6. The summed E-state index contributed by atoms with van der Waals surface area (Å²) in [5, 5.41) is 12.9. The van der Waals surface area contributed by atoms with E-state index in [9.17, 15) is 19.5 Å². The number of imidazole rings is 1. The van der Waals surface area contributed by atoms with Gasteiger partial charge < -0.3 is 29.2 Å². The maximum atomic E-state index is 13.0. The minimum atomic E-state index is -0.974. The molecule has 47 heavy (non-hydrogen) atoms. The quantitative estimate of drug-likeness (QED) is 0.173. The molecular formula is C35H36N4O7S. The zero-order valence-corrected chi connectivity index (χ0v) is 26.7. The van der Waals surface area contributed by atoms with Gasteiger partial charge in [-0.05, 0) is 22.3 Å². The Kier molecular flexibility index (Phi) is 10.3. The number of amides is 3. The van der Waals surface area contributed by atoms with Gasteiger partial charge >= 0.3 is 6.09 Å². The van der Waals surface area contributed by atoms with Crippen molar-refractivity contribution in [1.29, 1.82) is 0 Å². The van der Waals surface area contributed by atoms with E-state index in [1.807, 2.05) is 96.7 Å². The summed E-state index contributed by atoms with van der Waals surface area (Å²) in [7, 11) is 1.96. The van der Waals surface area contributed by atoms with Crippen LogP contribution in [0.1, 0.15) is 53.1 Å². The first-order chi connectivity index (χ1) is 22.9. The number of nitrogens with zero attached hydrogens (tertiary/aromatic N) is 3. The molecule has 244 valence electrons. The second kappa shape index (κ2) is 14.9. The molecule has 2 aliphatic rings. The molecule has 1 aromatic heterocycles. The molecule has 3 aromatic carbocycles. The van der Waals surface area contributed by atoms with Crippen molar-refractivity contribution < 1.29 is 33.7 Å². The van der Waals surface area contributed by atoms with E-state index in [1.165, 1.54) is 0 Å². The number of aromatic nitrogens is 2. The lowest BCUT2D eigenvalue weighted by atomic mass is 10.0. The molecule has 2 fully saturated rings. The van der Waals surface area contributed by atoms with Gasteiger partial charge in [-0.15, -0.1) is 0 Å². The Balaban J connectivity index is 1.08. The Bertz CT molecular complexity index is 1680. The minimum absolute atomic E-state index is 0.0279. The van der Waals surface area contributed by atoms with E-state index in [1.54, 1.807) is 18.0 Å². The molecule has 2 N–H and O–H groups in total. The van der Waals surface area contributed by atoms with Crippen molar-refractivity contribution in [3.8, 4) is 0 Å². The normalized spacial score (nSPS) is 21.2. The van der Waals surface area contributed by atoms with Crippen molar-refractivity contribution in [1.82, 2.24) is 19.8 Å². The van der Waals surface area contributed by atoms with E-state index in [2.05, 4.69) is 10.3 Å². The SMILES string of the molecule is Cn1ccnc1SC[C@H]1C[C@@H](c2ccc(CO)cc2)O[C@@H](c2ccc(CN3C(=O)CC(NC(=O)OCc4ccccc4)C3=O)cc2)O1. The third kappa shape index (κ3) is 8.09. The average molecular weight is 657 g/mol. The molecule has 0 radical (unpaired) electrons. The van der Waals surface area contributed by atoms with Crippen LogP contribution < -0.4 is 5.32 Å². The van der Waals surface area contributed by atoms with E-state index < -0.39 is 24.3 Å². The number of rotatable bonds is 11. The van der Waals surface area contributed by atoms with Crippen LogP contribution in [0.15, 0.2) is 96.4 Å². The molecule has 12 heteroatoms. The van der Waals surface area contributed by atoms with E-state index >= 15 is 0 Å². The van der Waals surface area contributed by atoms with Crippen LogP contribution in [0.5, 0.6) is 0 Å². The number of carbonyl (C=O) groups is 3. The van der Waals surface area contributed by atoms with Crippen molar-refractivity contribution in [2.45, 2.75) is 62.3 Å². The molecule has 4 atom stereocenters. The molecule has 0 aliphatic carbocycles. The summed E-state index contributed by atoms with van der Waals surface area (Å²) >= 11 is 1.62. The van der Waals surface area contributed by atoms with E-state index in [4.69, 9.17) is 14.2 Å². The fraction of sp³-hybridized carbons (Fsp3) is 0.314. The number of aliphatic hydroxyl groups is 1. The molecule has 4 aromatic rings. The van der Waals surface area contributed by atoms with Crippen molar-refractivity contribution in [3.63, 3.8) is 0 Å². The smallest absolute Gasteiger partial charge is 0.408 e. The second-order valence-electron chi connectivity index (χ2n) is 11.5. The number of likely N-dealkylation sites (tertiary alicyclic amines) is 1. The molecule has 11 nitrogen and oxygen atoms in total. The van der Waals surface area contributed by atoms with Crippen LogP contribution in [-0.4, -0.2) is 55.4 Å². The molecule has 0 bridgehead atoms. The monoisotopic (exact) mass is 656 g/mol. The highest BCUT2D eigenvalue weighted by Gasteiger charge is 2.40. The number of benzene rings is 3. The minimum Gasteiger partial charge on any atom is -0.445 e. The number of nitrogens with one attached hydrogen (secondary N) is 1. The van der Waals surface area contributed by atoms with Gasteiger partial charge in [-0.2, -0.15) is 0 Å². The lowest BCUT2D eigenvalue weighted by molar-refractivity contribution is -0.245. The second-order valence-corrected chi connectivity index (χ2v) is 12.5. The third-order valence-electron chi connectivity index (χ3n) is 8.13. The Morgan fingerprint density at radius 3 is 2.40 bits per heavy atom. The topological polar surface area (TPSA) is 132 Å². The van der Waals surface area contributed by atoms with Gasteiger partial charge in [0.1, 0.15) is 12.6 Å². The van der Waals surface area contributed by atoms with Gasteiger partial charge in [-0.3, -0.25) is 14.5 Å². The largest absolute Gasteiger partial charge is 0.445 e. The number of hydrogen-bond acceptors (Lipinski definition) is 9. The molecule has 3 amide bonds. The predicted octanol–water partition coefficient (Wildman–Crippen LogP) is 4.80. The number of alkyl carbamates (subject to hydrolysis) is 1. The summed E-state index contributed by atoms with van der Waals surface area (Å²) < 4.78 is 20.1. The first-order valence-corrected chi connectivity index (χ1v) is 16.4. The van der Waals surface area contributed by atoms with Crippen molar-refractivity contribution in [2.24, 2.45) is 7.05 Å². The molecule has 6 rings (SSSR count). The lowest BCUT2D eigenvalue weighted by Gasteiger charge is -2.36. The highest BCUT2D eigenvalue weighted by atomic mass is 32.2. The number of hydrogen-bond donors (Lipinski definition) is 2. The van der Waals surface area contributed by atoms with Crippen LogP contribution in [0, 0.1) is 0 Å². The summed E-state index contributed by atoms with van der Waals surface area (Å²) in [6.45, 7) is 0.108. The van der Waals surface area contributed by atoms with Crippen LogP contribution in [-0.2, 0) is 50.6 Å². The van der Waals surface area contributed by atoms with E-state index in [0.29, 0.717) is 12.2 Å². The first-order valence-electron chi connectivity index (χ1n) is 15.4. The fourth-order valence-electron chi connectivity index (χ4n) is 5.51. The zero-order chi connectivity index (χ0) is 32.8. The highest BCUT2D eigenvalue weighted by molar-refractivity contribution is 7.99. The van der Waals surface area contributed by atoms with Crippen molar-refractivity contribution >= 4 is 29.7 Å². The summed E-state index contributed by atoms with van der Waals surface area (Å²) in [6, 6.07) is 23.4. The first kappa shape index (κ1) is 32.5. The van der Waals surface area contributed by atoms with Gasteiger partial charge in [-0.1, -0.05) is 90.6 Å². The standard InChI is InChI=1S/C35H36N4O7S/c1-38-16-15-36-34(38)47-22-28-17-30(26-11-9-24(20-40)10-12-26)46-33(45-28)27-13-7-23(8-14-27)19-39-31(41)18-29(32(39)42)37-35(43)44-21-25-5-3-2-4-6-25/h2-16,28-30,33,40H,17-22H2,1H3,(H,37,43)/t28-,29?,30+,33+/m1/s1. The molecule has 3 heterocycles. The molecule has 0 saturated carbocycles. The lowest BCUT2D eigenvalue weighted by Crippen LogP contribution is -2.41. The number of ether oxygens (including phenoxy) is 3. The predicted molar refractivity (Wildman–Crippen MR) is 173 cm³/mol. The maximum Gasteiger partial charge on any atom is 0.408 e. The van der Waals surface area contributed by atoms with Crippen LogP contribution in [0.25, 0.3) is 0 Å². The van der Waals surface area contributed by atoms with E-state index in [0.717, 1.165) is 37.9 Å². The van der Waals surface area contributed by atoms with Gasteiger partial charge in [0.25, 0.3) is 5.91 Å². The van der Waals surface area contributed by atoms with Crippen LogP contribution in [0.2, 0.25) is 0 Å². The molecule has 0 spiro atoms. The van der Waals surface area contributed by atoms with Gasteiger partial charge in [-0.25, -0.2) is 9.78 Å². The average Bonchev–Trinajstić information content (AvgIpc) is 3.63. The number of aryl methyl sites for hydroxylation is 1. The Morgan fingerprint density at radius 2 is 1.70 bits per heavy atom. The molecule has 1 unspecified atom stereocenters. The summed E-state index contributed by atoms with van der Waals surface area (Å²) in [5.41, 5.74) is 4.19. The molecule has 2 saturated heterocycles. The van der Waals surface area contributed by atoms with E-state index in [-0.39, 0.29) is 44.3 Å². The van der Waals surface area contributed by atoms with Crippen molar-refractivity contribution in [2.75, 3.05) is 5.75 Å². The number of aliphatic hydroxyl groups excluding tert-OH is 1. The Labute approximate surface area is 276 Å². The van der Waals surface area contributed by atoms with Gasteiger partial charge in [0, 0.05) is 37.2 Å². The Morgan fingerprint density at radius 1 is 0.979 bits per heavy atom. The zero-order valence-electron chi connectivity index (χ0n) is 25.9. The fourth-order valence-corrected chi connectivity index (χ4v) is 6.46. The van der Waals surface area contributed by atoms with Crippen LogP contribution >= 0.6 is 11.8 Å². The van der Waals surface area contributed by atoms with Crippen molar-refractivity contribution in [3.05, 3.63) is 119 Å².